The monoisotopic (exact) mass is 842 g/mol. The SMILES string of the molecule is CC/C=C\C/C=C\C/C=C\C/C=C\C/C=C\C/C=C\C/C=C\C/C=C\CCCCCCCCCCCCC(=O)NC(CO)C(O)/C=C/CC/C=C/CCCCCCCCCC. The van der Waals surface area contributed by atoms with Crippen molar-refractivity contribution in [3.63, 3.8) is 0 Å². The number of carbonyl (C=O) groups is 1. The Bertz CT molecular complexity index is 1230. The van der Waals surface area contributed by atoms with E-state index in [9.17, 15) is 15.0 Å². The van der Waals surface area contributed by atoms with Crippen LogP contribution in [0.3, 0.4) is 0 Å². The lowest BCUT2D eigenvalue weighted by atomic mass is 10.0. The average Bonchev–Trinajstić information content (AvgIpc) is 3.26. The molecular formula is C57H95NO3. The molecule has 0 aromatic carbocycles. The van der Waals surface area contributed by atoms with E-state index < -0.39 is 12.1 Å². The van der Waals surface area contributed by atoms with Crippen LogP contribution < -0.4 is 5.32 Å². The van der Waals surface area contributed by atoms with Gasteiger partial charge in [-0.15, -0.1) is 0 Å². The maximum atomic E-state index is 12.4. The highest BCUT2D eigenvalue weighted by Crippen LogP contribution is 2.13. The zero-order valence-electron chi connectivity index (χ0n) is 39.6. The van der Waals surface area contributed by atoms with Gasteiger partial charge in [0, 0.05) is 6.42 Å². The van der Waals surface area contributed by atoms with Crippen LogP contribution in [0.4, 0.5) is 0 Å². The highest BCUT2D eigenvalue weighted by Gasteiger charge is 2.17. The van der Waals surface area contributed by atoms with Crippen LogP contribution in [0.1, 0.15) is 213 Å². The van der Waals surface area contributed by atoms with Gasteiger partial charge in [-0.25, -0.2) is 0 Å². The Balaban J connectivity index is 3.63. The Kier molecular flexibility index (Phi) is 48.5. The number of aliphatic hydroxyl groups is 2. The maximum Gasteiger partial charge on any atom is 0.220 e. The Labute approximate surface area is 378 Å². The predicted molar refractivity (Wildman–Crippen MR) is 271 cm³/mol. The van der Waals surface area contributed by atoms with Crippen molar-refractivity contribution < 1.29 is 15.0 Å². The van der Waals surface area contributed by atoms with Crippen LogP contribution in [-0.2, 0) is 4.79 Å². The van der Waals surface area contributed by atoms with E-state index in [0.717, 1.165) is 89.9 Å². The summed E-state index contributed by atoms with van der Waals surface area (Å²) in [6, 6.07) is -0.649. The molecule has 0 aromatic rings. The van der Waals surface area contributed by atoms with Crippen LogP contribution in [0, 0.1) is 0 Å². The number of rotatable bonds is 44. The average molecular weight is 842 g/mol. The summed E-state index contributed by atoms with van der Waals surface area (Å²) >= 11 is 0. The molecule has 3 N–H and O–H groups in total. The van der Waals surface area contributed by atoms with E-state index in [1.54, 1.807) is 6.08 Å². The molecule has 0 aliphatic carbocycles. The fourth-order valence-corrected chi connectivity index (χ4v) is 6.86. The molecule has 2 atom stereocenters. The van der Waals surface area contributed by atoms with Crippen molar-refractivity contribution in [2.45, 2.75) is 225 Å². The fourth-order valence-electron chi connectivity index (χ4n) is 6.86. The molecule has 4 nitrogen and oxygen atoms in total. The molecule has 0 aliphatic rings. The van der Waals surface area contributed by atoms with Gasteiger partial charge in [0.15, 0.2) is 0 Å². The third-order valence-corrected chi connectivity index (χ3v) is 10.7. The summed E-state index contributed by atoms with van der Waals surface area (Å²) in [5.74, 6) is -0.0847. The van der Waals surface area contributed by atoms with Gasteiger partial charge in [0.1, 0.15) is 0 Å². The van der Waals surface area contributed by atoms with Crippen molar-refractivity contribution in [3.8, 4) is 0 Å². The molecule has 0 spiro atoms. The van der Waals surface area contributed by atoms with Gasteiger partial charge in [0.05, 0.1) is 18.8 Å². The van der Waals surface area contributed by atoms with Gasteiger partial charge in [-0.05, 0) is 96.3 Å². The number of carbonyl (C=O) groups excluding carboxylic acids is 1. The van der Waals surface area contributed by atoms with E-state index in [1.807, 2.05) is 6.08 Å². The minimum absolute atomic E-state index is 0.0847. The summed E-state index contributed by atoms with van der Waals surface area (Å²) in [7, 11) is 0. The normalized spacial score (nSPS) is 14.0. The highest BCUT2D eigenvalue weighted by molar-refractivity contribution is 5.76. The quantitative estimate of drug-likeness (QED) is 0.0423. The van der Waals surface area contributed by atoms with Crippen molar-refractivity contribution in [1.29, 1.82) is 0 Å². The van der Waals surface area contributed by atoms with Gasteiger partial charge in [-0.3, -0.25) is 4.79 Å². The number of unbranched alkanes of at least 4 members (excludes halogenated alkanes) is 19. The van der Waals surface area contributed by atoms with Crippen LogP contribution >= 0.6 is 0 Å². The molecule has 0 radical (unpaired) electrons. The molecule has 0 saturated carbocycles. The summed E-state index contributed by atoms with van der Waals surface area (Å²) < 4.78 is 0. The second-order valence-electron chi connectivity index (χ2n) is 16.5. The first-order valence-corrected chi connectivity index (χ1v) is 25.2. The molecular weight excluding hydrogens is 747 g/mol. The first-order chi connectivity index (χ1) is 30.2. The van der Waals surface area contributed by atoms with Crippen LogP contribution in [0.5, 0.6) is 0 Å². The van der Waals surface area contributed by atoms with Crippen molar-refractivity contribution in [3.05, 3.63) is 122 Å². The molecule has 1 amide bonds. The van der Waals surface area contributed by atoms with Crippen LogP contribution in [0.15, 0.2) is 122 Å². The Morgan fingerprint density at radius 3 is 1.15 bits per heavy atom. The molecule has 4 heteroatoms. The molecule has 346 valence electrons. The number of hydrogen-bond donors (Lipinski definition) is 3. The molecule has 0 rings (SSSR count). The second-order valence-corrected chi connectivity index (χ2v) is 16.5. The third-order valence-electron chi connectivity index (χ3n) is 10.7. The minimum atomic E-state index is -0.871. The third kappa shape index (κ3) is 47.7. The number of hydrogen-bond acceptors (Lipinski definition) is 3. The van der Waals surface area contributed by atoms with E-state index >= 15 is 0 Å². The molecule has 0 aliphatic heterocycles. The van der Waals surface area contributed by atoms with Gasteiger partial charge < -0.3 is 15.5 Å². The smallest absolute Gasteiger partial charge is 0.220 e. The van der Waals surface area contributed by atoms with Gasteiger partial charge in [0.2, 0.25) is 5.91 Å². The van der Waals surface area contributed by atoms with E-state index in [-0.39, 0.29) is 12.5 Å². The first kappa shape index (κ1) is 57.8. The van der Waals surface area contributed by atoms with Gasteiger partial charge >= 0.3 is 0 Å². The zero-order valence-corrected chi connectivity index (χ0v) is 39.6. The molecule has 0 saturated heterocycles. The molecule has 2 unspecified atom stereocenters. The molecule has 61 heavy (non-hydrogen) atoms. The largest absolute Gasteiger partial charge is 0.394 e. The predicted octanol–water partition coefficient (Wildman–Crippen LogP) is 16.5. The van der Waals surface area contributed by atoms with Gasteiger partial charge in [-0.1, -0.05) is 232 Å². The van der Waals surface area contributed by atoms with Crippen molar-refractivity contribution in [2.75, 3.05) is 6.61 Å². The molecule has 0 fully saturated rings. The number of nitrogens with one attached hydrogen (secondary N) is 1. The number of allylic oxidation sites excluding steroid dienone is 19. The first-order valence-electron chi connectivity index (χ1n) is 25.2. The second kappa shape index (κ2) is 51.1. The molecule has 0 heterocycles. The maximum absolute atomic E-state index is 12.4. The zero-order chi connectivity index (χ0) is 44.2. The highest BCUT2D eigenvalue weighted by atomic mass is 16.3. The Morgan fingerprint density at radius 1 is 0.410 bits per heavy atom. The van der Waals surface area contributed by atoms with Crippen LogP contribution in [-0.4, -0.2) is 34.9 Å². The van der Waals surface area contributed by atoms with Gasteiger partial charge in [0.25, 0.3) is 0 Å². The minimum Gasteiger partial charge on any atom is -0.394 e. The van der Waals surface area contributed by atoms with E-state index in [1.165, 1.54) is 103 Å². The summed E-state index contributed by atoms with van der Waals surface area (Å²) in [5.41, 5.74) is 0. The molecule has 0 aromatic heterocycles. The standard InChI is InChI=1S/C57H95NO3/c1-3-5-7-9-11-13-15-17-19-20-21-22-23-24-25-26-27-28-29-30-31-32-33-34-35-36-37-38-39-41-43-45-47-49-51-53-57(61)58-55(54-59)56(60)52-50-48-46-44-42-40-18-16-14-12-10-8-6-4-2/h5,7,11,13,17,19,21-22,24-25,27-28,30-31,33-34,42,44,50,52,55-56,59-60H,3-4,6,8-10,12,14-16,18,20,23,26,29,32,35-41,43,45-49,51,53-54H2,1-2H3,(H,58,61)/b7-5-,13-11-,19-17-,22-21-,25-24-,28-27-,31-30-,34-33-,44-42+,52-50+. The fraction of sp³-hybridized carbons (Fsp3) is 0.632. The van der Waals surface area contributed by atoms with Crippen LogP contribution in [0.2, 0.25) is 0 Å². The van der Waals surface area contributed by atoms with Crippen molar-refractivity contribution in [1.82, 2.24) is 5.32 Å². The van der Waals surface area contributed by atoms with Crippen molar-refractivity contribution >= 4 is 5.91 Å². The van der Waals surface area contributed by atoms with Gasteiger partial charge in [-0.2, -0.15) is 0 Å². The number of aliphatic hydroxyl groups excluding tert-OH is 2. The summed E-state index contributed by atoms with van der Waals surface area (Å²) in [6.45, 7) is 4.16. The van der Waals surface area contributed by atoms with Crippen LogP contribution in [0.25, 0.3) is 0 Å². The van der Waals surface area contributed by atoms with E-state index in [2.05, 4.69) is 129 Å². The lowest BCUT2D eigenvalue weighted by Crippen LogP contribution is -2.45. The lowest BCUT2D eigenvalue weighted by molar-refractivity contribution is -0.123. The Morgan fingerprint density at radius 2 is 0.738 bits per heavy atom. The van der Waals surface area contributed by atoms with E-state index in [4.69, 9.17) is 0 Å². The van der Waals surface area contributed by atoms with E-state index in [0.29, 0.717) is 6.42 Å². The number of amides is 1. The van der Waals surface area contributed by atoms with Crippen molar-refractivity contribution in [2.24, 2.45) is 0 Å². The Hall–Kier alpha value is -3.21. The summed E-state index contributed by atoms with van der Waals surface area (Å²) in [4.78, 5) is 12.4. The topological polar surface area (TPSA) is 69.6 Å². The summed E-state index contributed by atoms with van der Waals surface area (Å²) in [5, 5.41) is 23.0. The lowest BCUT2D eigenvalue weighted by Gasteiger charge is -2.19. The molecule has 0 bridgehead atoms. The summed E-state index contributed by atoms with van der Waals surface area (Å²) in [6.07, 6.45) is 79.0.